The number of aromatic amines is 1. The topological polar surface area (TPSA) is 36.9 Å². The second-order valence-corrected chi connectivity index (χ2v) is 5.49. The van der Waals surface area contributed by atoms with Crippen molar-refractivity contribution in [3.63, 3.8) is 0 Å². The Kier molecular flexibility index (Phi) is 3.99. The zero-order chi connectivity index (χ0) is 12.4. The Hall–Kier alpha value is -0.680. The lowest BCUT2D eigenvalue weighted by molar-refractivity contribution is 0.181. The van der Waals surface area contributed by atoms with Crippen LogP contribution >= 0.6 is 12.2 Å². The van der Waals surface area contributed by atoms with Crippen LogP contribution in [0.4, 0.5) is 0 Å². The van der Waals surface area contributed by atoms with Crippen LogP contribution in [0.25, 0.3) is 0 Å². The maximum atomic E-state index is 5.37. The molecule has 1 aromatic rings. The van der Waals surface area contributed by atoms with Gasteiger partial charge >= 0.3 is 0 Å². The van der Waals surface area contributed by atoms with Gasteiger partial charge in [-0.3, -0.25) is 9.67 Å². The van der Waals surface area contributed by atoms with Gasteiger partial charge in [-0.05, 0) is 38.1 Å². The van der Waals surface area contributed by atoms with E-state index in [0.717, 1.165) is 23.7 Å². The molecule has 0 bridgehead atoms. The van der Waals surface area contributed by atoms with E-state index in [2.05, 4.69) is 40.4 Å². The van der Waals surface area contributed by atoms with Gasteiger partial charge in [0.2, 0.25) is 0 Å². The van der Waals surface area contributed by atoms with E-state index in [9.17, 15) is 0 Å². The molecule has 0 amide bonds. The van der Waals surface area contributed by atoms with Crippen LogP contribution in [0.3, 0.4) is 0 Å². The van der Waals surface area contributed by atoms with Crippen LogP contribution in [0.1, 0.15) is 51.4 Å². The standard InChI is InChI=1S/C12H22N4S/c1-4-15-7-5-6-10(8-15)16-11(9(2)3)13-14-12(16)17/h9-10H,4-8H2,1-3H3,(H,14,17). The fourth-order valence-corrected chi connectivity index (χ4v) is 2.89. The highest BCUT2D eigenvalue weighted by molar-refractivity contribution is 7.71. The van der Waals surface area contributed by atoms with E-state index in [0.29, 0.717) is 12.0 Å². The lowest BCUT2D eigenvalue weighted by Crippen LogP contribution is -2.37. The molecule has 0 aromatic carbocycles. The van der Waals surface area contributed by atoms with Crippen LogP contribution in [0.2, 0.25) is 0 Å². The zero-order valence-corrected chi connectivity index (χ0v) is 11.8. The lowest BCUT2D eigenvalue weighted by Gasteiger charge is -2.33. The first-order valence-corrected chi connectivity index (χ1v) is 6.93. The molecule has 4 nitrogen and oxygen atoms in total. The lowest BCUT2D eigenvalue weighted by atomic mass is 10.0. The summed E-state index contributed by atoms with van der Waals surface area (Å²) in [6.45, 7) is 10.0. The predicted molar refractivity (Wildman–Crippen MR) is 71.9 cm³/mol. The summed E-state index contributed by atoms with van der Waals surface area (Å²) in [5, 5.41) is 7.31. The Balaban J connectivity index is 2.26. The van der Waals surface area contributed by atoms with Gasteiger partial charge in [-0.1, -0.05) is 20.8 Å². The van der Waals surface area contributed by atoms with Crippen molar-refractivity contribution in [1.82, 2.24) is 19.7 Å². The molecule has 1 atom stereocenters. The average molecular weight is 254 g/mol. The number of nitrogens with one attached hydrogen (secondary N) is 1. The minimum atomic E-state index is 0.417. The third-order valence-electron chi connectivity index (χ3n) is 3.54. The second-order valence-electron chi connectivity index (χ2n) is 5.10. The Morgan fingerprint density at radius 1 is 1.53 bits per heavy atom. The number of hydrogen-bond donors (Lipinski definition) is 1. The molecule has 2 rings (SSSR count). The molecule has 1 aliphatic rings. The molecule has 1 N–H and O–H groups in total. The molecule has 0 saturated carbocycles. The molecule has 1 saturated heterocycles. The number of rotatable bonds is 3. The summed E-state index contributed by atoms with van der Waals surface area (Å²) in [7, 11) is 0. The molecule has 1 fully saturated rings. The van der Waals surface area contributed by atoms with Gasteiger partial charge in [0.15, 0.2) is 4.77 Å². The second kappa shape index (κ2) is 5.31. The van der Waals surface area contributed by atoms with Crippen LogP contribution in [0, 0.1) is 4.77 Å². The smallest absolute Gasteiger partial charge is 0.195 e. The summed E-state index contributed by atoms with van der Waals surface area (Å²) in [5.74, 6) is 1.51. The highest BCUT2D eigenvalue weighted by Crippen LogP contribution is 2.25. The van der Waals surface area contributed by atoms with Crippen molar-refractivity contribution >= 4 is 12.2 Å². The SMILES string of the molecule is CCN1CCCC(n2c(C(C)C)n[nH]c2=S)C1. The molecule has 17 heavy (non-hydrogen) atoms. The number of piperidine rings is 1. The highest BCUT2D eigenvalue weighted by Gasteiger charge is 2.24. The summed E-state index contributed by atoms with van der Waals surface area (Å²) in [5.41, 5.74) is 0. The maximum Gasteiger partial charge on any atom is 0.195 e. The van der Waals surface area contributed by atoms with Crippen molar-refractivity contribution in [2.75, 3.05) is 19.6 Å². The van der Waals surface area contributed by atoms with Gasteiger partial charge in [0.1, 0.15) is 5.82 Å². The van der Waals surface area contributed by atoms with Gasteiger partial charge in [0.05, 0.1) is 6.04 Å². The van der Waals surface area contributed by atoms with Crippen LogP contribution in [-0.2, 0) is 0 Å². The minimum absolute atomic E-state index is 0.417. The zero-order valence-electron chi connectivity index (χ0n) is 10.9. The monoisotopic (exact) mass is 254 g/mol. The van der Waals surface area contributed by atoms with Crippen LogP contribution in [0.15, 0.2) is 0 Å². The number of likely N-dealkylation sites (tertiary alicyclic amines) is 1. The summed E-state index contributed by atoms with van der Waals surface area (Å²) < 4.78 is 3.01. The number of hydrogen-bond acceptors (Lipinski definition) is 3. The summed E-state index contributed by atoms with van der Waals surface area (Å²) in [4.78, 5) is 2.49. The Morgan fingerprint density at radius 2 is 2.29 bits per heavy atom. The van der Waals surface area contributed by atoms with Crippen LogP contribution in [-0.4, -0.2) is 39.3 Å². The molecule has 96 valence electrons. The number of nitrogens with zero attached hydrogens (tertiary/aromatic N) is 3. The molecule has 5 heteroatoms. The quantitative estimate of drug-likeness (QED) is 0.843. The molecule has 1 unspecified atom stereocenters. The first kappa shape index (κ1) is 12.8. The van der Waals surface area contributed by atoms with E-state index in [-0.39, 0.29) is 0 Å². The Morgan fingerprint density at radius 3 is 2.94 bits per heavy atom. The number of H-pyrrole nitrogens is 1. The van der Waals surface area contributed by atoms with Gasteiger partial charge in [-0.15, -0.1) is 0 Å². The van der Waals surface area contributed by atoms with Gasteiger partial charge in [0.25, 0.3) is 0 Å². The van der Waals surface area contributed by atoms with Crippen molar-refractivity contribution in [3.05, 3.63) is 10.6 Å². The average Bonchev–Trinajstić information content (AvgIpc) is 2.71. The largest absolute Gasteiger partial charge is 0.302 e. The molecular formula is C12H22N4S. The first-order valence-electron chi connectivity index (χ1n) is 6.52. The van der Waals surface area contributed by atoms with Gasteiger partial charge in [-0.25, -0.2) is 0 Å². The normalized spacial score (nSPS) is 22.2. The van der Waals surface area contributed by atoms with Crippen molar-refractivity contribution in [2.45, 2.75) is 45.6 Å². The van der Waals surface area contributed by atoms with Crippen molar-refractivity contribution in [3.8, 4) is 0 Å². The third-order valence-corrected chi connectivity index (χ3v) is 3.83. The van der Waals surface area contributed by atoms with Crippen molar-refractivity contribution in [2.24, 2.45) is 0 Å². The first-order chi connectivity index (χ1) is 8.13. The predicted octanol–water partition coefficient (Wildman–Crippen LogP) is 2.72. The summed E-state index contributed by atoms with van der Waals surface area (Å²) in [6, 6.07) is 0.493. The van der Waals surface area contributed by atoms with Gasteiger partial charge < -0.3 is 4.90 Å². The summed E-state index contributed by atoms with van der Waals surface area (Å²) in [6.07, 6.45) is 2.47. The van der Waals surface area contributed by atoms with Gasteiger partial charge in [-0.2, -0.15) is 5.10 Å². The van der Waals surface area contributed by atoms with Crippen LogP contribution in [0.5, 0.6) is 0 Å². The van der Waals surface area contributed by atoms with Crippen LogP contribution < -0.4 is 0 Å². The fraction of sp³-hybridized carbons (Fsp3) is 0.833. The van der Waals surface area contributed by atoms with Crippen molar-refractivity contribution in [1.29, 1.82) is 0 Å². The van der Waals surface area contributed by atoms with E-state index < -0.39 is 0 Å². The van der Waals surface area contributed by atoms with Gasteiger partial charge in [0, 0.05) is 12.5 Å². The fourth-order valence-electron chi connectivity index (χ4n) is 2.61. The maximum absolute atomic E-state index is 5.37. The Labute approximate surface area is 108 Å². The highest BCUT2D eigenvalue weighted by atomic mass is 32.1. The minimum Gasteiger partial charge on any atom is -0.302 e. The molecule has 1 aromatic heterocycles. The number of aromatic nitrogens is 3. The number of likely N-dealkylation sites (N-methyl/N-ethyl adjacent to an activating group) is 1. The third kappa shape index (κ3) is 2.60. The van der Waals surface area contributed by atoms with E-state index in [1.54, 1.807) is 0 Å². The molecular weight excluding hydrogens is 232 g/mol. The molecule has 0 radical (unpaired) electrons. The Bertz CT molecular complexity index is 420. The molecule has 0 aliphatic carbocycles. The van der Waals surface area contributed by atoms with E-state index in [1.807, 2.05) is 0 Å². The van der Waals surface area contributed by atoms with E-state index >= 15 is 0 Å². The molecule has 0 spiro atoms. The van der Waals surface area contributed by atoms with Crippen molar-refractivity contribution < 1.29 is 0 Å². The molecule has 1 aliphatic heterocycles. The van der Waals surface area contributed by atoms with E-state index in [4.69, 9.17) is 12.2 Å². The molecule has 2 heterocycles. The van der Waals surface area contributed by atoms with E-state index in [1.165, 1.54) is 19.4 Å². The summed E-state index contributed by atoms with van der Waals surface area (Å²) >= 11 is 5.37.